The highest BCUT2D eigenvalue weighted by Crippen LogP contribution is 2.25. The lowest BCUT2D eigenvalue weighted by atomic mass is 10.2. The number of halogens is 1. The topological polar surface area (TPSA) is 18.5 Å². The maximum absolute atomic E-state index is 5.34. The Morgan fingerprint density at radius 2 is 1.88 bits per heavy atom. The molecular weight excluding hydrogens is 300 g/mol. The molecule has 2 rings (SSSR count). The lowest BCUT2D eigenvalue weighted by Gasteiger charge is -2.08. The van der Waals surface area contributed by atoms with Crippen molar-refractivity contribution in [1.29, 1.82) is 0 Å². The van der Waals surface area contributed by atoms with E-state index in [4.69, 9.17) is 9.47 Å². The zero-order valence-electron chi connectivity index (χ0n) is 9.70. The number of methoxy groups -OCH3 is 2. The number of hydrogen-bond acceptors (Lipinski definition) is 3. The van der Waals surface area contributed by atoms with Gasteiger partial charge in [0.15, 0.2) is 11.5 Å². The second-order valence-electron chi connectivity index (χ2n) is 3.46. The van der Waals surface area contributed by atoms with Crippen LogP contribution in [0.1, 0.15) is 0 Å². The summed E-state index contributed by atoms with van der Waals surface area (Å²) in [7, 11) is 3.31. The summed E-state index contributed by atoms with van der Waals surface area (Å²) < 4.78 is 10.7. The minimum atomic E-state index is 0.761. The predicted octanol–water partition coefficient (Wildman–Crippen LogP) is 2.25. The number of rotatable bonds is 3. The molecular formula is C13H13BrO2S. The minimum absolute atomic E-state index is 0.761. The van der Waals surface area contributed by atoms with Crippen molar-refractivity contribution >= 4 is 38.7 Å². The van der Waals surface area contributed by atoms with Crippen LogP contribution in [0.3, 0.4) is 0 Å². The summed E-state index contributed by atoms with van der Waals surface area (Å²) in [5.74, 6) is 1.53. The Morgan fingerprint density at radius 3 is 2.53 bits per heavy atom. The van der Waals surface area contributed by atoms with Crippen molar-refractivity contribution in [2.45, 2.75) is 0 Å². The van der Waals surface area contributed by atoms with Gasteiger partial charge in [-0.25, -0.2) is 0 Å². The second-order valence-corrected chi connectivity index (χ2v) is 5.03. The molecule has 0 saturated carbocycles. The van der Waals surface area contributed by atoms with Gasteiger partial charge in [-0.15, -0.1) is 11.8 Å². The van der Waals surface area contributed by atoms with E-state index in [0.717, 1.165) is 22.0 Å². The summed E-state index contributed by atoms with van der Waals surface area (Å²) in [6.07, 6.45) is 4.13. The molecule has 0 atom stereocenters. The van der Waals surface area contributed by atoms with Gasteiger partial charge in [0.2, 0.25) is 0 Å². The van der Waals surface area contributed by atoms with E-state index in [0.29, 0.717) is 0 Å². The number of fused-ring (bicyclic) bond motifs is 1. The normalized spacial score (nSPS) is 13.7. The maximum atomic E-state index is 5.34. The minimum Gasteiger partial charge on any atom is -0.493 e. The molecule has 0 radical (unpaired) electrons. The molecule has 0 unspecified atom stereocenters. The van der Waals surface area contributed by atoms with Crippen LogP contribution in [0.4, 0.5) is 0 Å². The van der Waals surface area contributed by atoms with Crippen LogP contribution in [0.25, 0.3) is 11.0 Å². The molecule has 0 N–H and O–H groups in total. The number of alkyl halides is 1. The van der Waals surface area contributed by atoms with Gasteiger partial charge >= 0.3 is 0 Å². The molecule has 1 heterocycles. The average Bonchev–Trinajstić information content (AvgIpc) is 2.58. The van der Waals surface area contributed by atoms with Gasteiger partial charge in [0, 0.05) is 10.2 Å². The smallest absolute Gasteiger partial charge is 0.161 e. The van der Waals surface area contributed by atoms with E-state index in [9.17, 15) is 0 Å². The molecule has 0 fully saturated rings. The van der Waals surface area contributed by atoms with Crippen LogP contribution in [-0.2, 0) is 0 Å². The van der Waals surface area contributed by atoms with Crippen molar-refractivity contribution in [3.63, 3.8) is 0 Å². The first-order chi connectivity index (χ1) is 8.30. The van der Waals surface area contributed by atoms with Crippen molar-refractivity contribution in [3.05, 3.63) is 34.1 Å². The maximum Gasteiger partial charge on any atom is 0.161 e. The van der Waals surface area contributed by atoms with E-state index >= 15 is 0 Å². The first-order valence-corrected chi connectivity index (χ1v) is 7.15. The van der Waals surface area contributed by atoms with E-state index in [2.05, 4.69) is 27.4 Å². The molecule has 0 aliphatic carbocycles. The third-order valence-electron chi connectivity index (χ3n) is 2.54. The third kappa shape index (κ3) is 2.53. The third-order valence-corrected chi connectivity index (χ3v) is 4.42. The van der Waals surface area contributed by atoms with Gasteiger partial charge in [0.1, 0.15) is 0 Å². The van der Waals surface area contributed by atoms with Crippen LogP contribution in [-0.4, -0.2) is 19.5 Å². The average molecular weight is 313 g/mol. The van der Waals surface area contributed by atoms with Crippen molar-refractivity contribution < 1.29 is 9.47 Å². The highest BCUT2D eigenvalue weighted by Gasteiger charge is 2.07. The SMILES string of the molecule is COc1cc2c(cc1OC)=C(CBr)SC=CC=2. The molecule has 90 valence electrons. The Morgan fingerprint density at radius 1 is 1.18 bits per heavy atom. The van der Waals surface area contributed by atoms with Crippen molar-refractivity contribution in [2.75, 3.05) is 19.5 Å². The van der Waals surface area contributed by atoms with Crippen LogP contribution < -0.4 is 19.9 Å². The number of allylic oxidation sites excluding steroid dienone is 1. The van der Waals surface area contributed by atoms with Gasteiger partial charge in [0.05, 0.1) is 14.2 Å². The number of thioether (sulfide) groups is 1. The predicted molar refractivity (Wildman–Crippen MR) is 77.2 cm³/mol. The van der Waals surface area contributed by atoms with Gasteiger partial charge in [0.25, 0.3) is 0 Å². The molecule has 0 spiro atoms. The molecule has 1 aromatic carbocycles. The van der Waals surface area contributed by atoms with Crippen LogP contribution in [0.2, 0.25) is 0 Å². The Hall–Kier alpha value is -0.870. The summed E-state index contributed by atoms with van der Waals surface area (Å²) in [6, 6.07) is 4.04. The van der Waals surface area contributed by atoms with Gasteiger partial charge in [-0.2, -0.15) is 0 Å². The number of benzene rings is 1. The van der Waals surface area contributed by atoms with E-state index in [1.807, 2.05) is 18.2 Å². The summed E-state index contributed by atoms with van der Waals surface area (Å²) in [5.41, 5.74) is 0. The van der Waals surface area contributed by atoms with Crippen molar-refractivity contribution in [1.82, 2.24) is 0 Å². The van der Waals surface area contributed by atoms with Gasteiger partial charge in [-0.3, -0.25) is 0 Å². The fourth-order valence-electron chi connectivity index (χ4n) is 1.71. The van der Waals surface area contributed by atoms with Gasteiger partial charge in [-0.05, 0) is 28.0 Å². The lowest BCUT2D eigenvalue weighted by Crippen LogP contribution is -2.26. The fraction of sp³-hybridized carbons (Fsp3) is 0.231. The summed E-state index contributed by atoms with van der Waals surface area (Å²) in [6.45, 7) is 0. The molecule has 2 nitrogen and oxygen atoms in total. The Bertz CT molecular complexity index is 564. The highest BCUT2D eigenvalue weighted by molar-refractivity contribution is 9.09. The number of ether oxygens (including phenoxy) is 2. The molecule has 1 aromatic rings. The van der Waals surface area contributed by atoms with Crippen molar-refractivity contribution in [3.8, 4) is 11.5 Å². The largest absolute Gasteiger partial charge is 0.493 e. The number of hydrogen-bond donors (Lipinski definition) is 0. The van der Waals surface area contributed by atoms with Crippen LogP contribution >= 0.6 is 27.7 Å². The fourth-order valence-corrected chi connectivity index (χ4v) is 3.09. The first kappa shape index (κ1) is 12.6. The van der Waals surface area contributed by atoms with Gasteiger partial charge in [-0.1, -0.05) is 28.1 Å². The van der Waals surface area contributed by atoms with Crippen LogP contribution in [0.5, 0.6) is 11.5 Å². The molecule has 0 amide bonds. The molecule has 1 aliphatic heterocycles. The van der Waals surface area contributed by atoms with Crippen LogP contribution in [0, 0.1) is 0 Å². The lowest BCUT2D eigenvalue weighted by molar-refractivity contribution is 0.354. The second kappa shape index (κ2) is 5.65. The Kier molecular flexibility index (Phi) is 4.18. The quantitative estimate of drug-likeness (QED) is 0.798. The summed E-state index contributed by atoms with van der Waals surface area (Å²) >= 11 is 5.24. The molecule has 4 heteroatoms. The molecule has 1 aliphatic rings. The summed E-state index contributed by atoms with van der Waals surface area (Å²) in [5, 5.41) is 5.25. The zero-order valence-corrected chi connectivity index (χ0v) is 12.1. The van der Waals surface area contributed by atoms with E-state index in [-0.39, 0.29) is 0 Å². The monoisotopic (exact) mass is 312 g/mol. The standard InChI is InChI=1S/C13H13BrO2S/c1-15-11-6-9-4-3-5-17-13(8-14)10(9)7-12(11)16-2/h3-7H,8H2,1-2H3. The molecule has 0 bridgehead atoms. The highest BCUT2D eigenvalue weighted by atomic mass is 79.9. The van der Waals surface area contributed by atoms with E-state index in [1.165, 1.54) is 10.1 Å². The molecule has 0 saturated heterocycles. The van der Waals surface area contributed by atoms with Crippen molar-refractivity contribution in [2.24, 2.45) is 0 Å². The Balaban J connectivity index is 2.78. The first-order valence-electron chi connectivity index (χ1n) is 5.15. The van der Waals surface area contributed by atoms with E-state index < -0.39 is 0 Å². The van der Waals surface area contributed by atoms with Crippen LogP contribution in [0.15, 0.2) is 23.6 Å². The Labute approximate surface area is 113 Å². The molecule has 17 heavy (non-hydrogen) atoms. The van der Waals surface area contributed by atoms with Gasteiger partial charge < -0.3 is 9.47 Å². The van der Waals surface area contributed by atoms with E-state index in [1.54, 1.807) is 26.0 Å². The molecule has 0 aromatic heterocycles. The summed E-state index contributed by atoms with van der Waals surface area (Å²) in [4.78, 5) is 1.27. The zero-order chi connectivity index (χ0) is 12.3.